The number of hydrogen-bond acceptors (Lipinski definition) is 5. The third kappa shape index (κ3) is 6.58. The average Bonchev–Trinajstić information content (AvgIpc) is 2.69. The summed E-state index contributed by atoms with van der Waals surface area (Å²) in [6.45, 7) is 4.29. The molecule has 0 aliphatic heterocycles. The predicted octanol–water partition coefficient (Wildman–Crippen LogP) is 3.94. The number of ether oxygens (including phenoxy) is 2. The normalized spacial score (nSPS) is 10.6. The first-order valence-electron chi connectivity index (χ1n) is 9.00. The Kier molecular flexibility index (Phi) is 8.03. The molecule has 2 aromatic carbocycles. The fraction of sp³-hybridized carbons (Fsp3) is 0.286. The van der Waals surface area contributed by atoms with E-state index in [4.69, 9.17) is 9.47 Å². The van der Waals surface area contributed by atoms with E-state index in [1.54, 1.807) is 42.5 Å². The van der Waals surface area contributed by atoms with Gasteiger partial charge in [0.05, 0.1) is 18.4 Å². The lowest BCUT2D eigenvalue weighted by Crippen LogP contribution is -2.16. The quantitative estimate of drug-likeness (QED) is 0.315. The molecule has 0 heterocycles. The molecule has 0 saturated carbocycles. The number of esters is 1. The summed E-state index contributed by atoms with van der Waals surface area (Å²) in [7, 11) is 0. The Bertz CT molecular complexity index is 788. The van der Waals surface area contributed by atoms with Gasteiger partial charge >= 0.3 is 5.97 Å². The van der Waals surface area contributed by atoms with E-state index in [1.165, 1.54) is 6.21 Å². The van der Waals surface area contributed by atoms with Crippen molar-refractivity contribution in [2.45, 2.75) is 33.1 Å². The van der Waals surface area contributed by atoms with Crippen molar-refractivity contribution < 1.29 is 19.1 Å². The van der Waals surface area contributed by atoms with E-state index in [0.29, 0.717) is 35.7 Å². The molecule has 0 fully saturated rings. The minimum Gasteiger partial charge on any atom is -0.490 e. The van der Waals surface area contributed by atoms with E-state index in [9.17, 15) is 9.59 Å². The zero-order chi connectivity index (χ0) is 19.5. The summed E-state index contributed by atoms with van der Waals surface area (Å²) in [5.41, 5.74) is 3.67. The summed E-state index contributed by atoms with van der Waals surface area (Å²) < 4.78 is 11.0. The smallest absolute Gasteiger partial charge is 0.343 e. The van der Waals surface area contributed by atoms with Gasteiger partial charge in [-0.15, -0.1) is 0 Å². The van der Waals surface area contributed by atoms with Gasteiger partial charge in [0.1, 0.15) is 0 Å². The fourth-order valence-corrected chi connectivity index (χ4v) is 2.26. The lowest BCUT2D eigenvalue weighted by atomic mass is 10.2. The van der Waals surface area contributed by atoms with E-state index in [1.807, 2.05) is 19.9 Å². The van der Waals surface area contributed by atoms with Crippen molar-refractivity contribution in [3.63, 3.8) is 0 Å². The highest BCUT2D eigenvalue weighted by Gasteiger charge is 2.12. The second-order valence-electron chi connectivity index (χ2n) is 5.79. The topological polar surface area (TPSA) is 77.0 Å². The number of amides is 1. The molecule has 0 bridgehead atoms. The lowest BCUT2D eigenvalue weighted by molar-refractivity contribution is -0.121. The van der Waals surface area contributed by atoms with Gasteiger partial charge in [0.25, 0.3) is 0 Å². The van der Waals surface area contributed by atoms with Crippen LogP contribution in [0.25, 0.3) is 0 Å². The Hall–Kier alpha value is -3.15. The highest BCUT2D eigenvalue weighted by molar-refractivity contribution is 5.91. The number of benzene rings is 2. The number of rotatable bonds is 9. The molecule has 6 nitrogen and oxygen atoms in total. The molecule has 0 aliphatic carbocycles. The second kappa shape index (κ2) is 10.8. The Labute approximate surface area is 159 Å². The monoisotopic (exact) mass is 368 g/mol. The van der Waals surface area contributed by atoms with Crippen LogP contribution in [0.4, 0.5) is 0 Å². The molecule has 142 valence electrons. The molecule has 0 aliphatic rings. The van der Waals surface area contributed by atoms with Crippen LogP contribution in [0, 0.1) is 0 Å². The lowest BCUT2D eigenvalue weighted by Gasteiger charge is -2.11. The molecule has 0 aromatic heterocycles. The van der Waals surface area contributed by atoms with E-state index >= 15 is 0 Å². The van der Waals surface area contributed by atoms with Crippen LogP contribution in [0.5, 0.6) is 11.5 Å². The van der Waals surface area contributed by atoms with Gasteiger partial charge in [-0.25, -0.2) is 10.2 Å². The summed E-state index contributed by atoms with van der Waals surface area (Å²) in [6, 6.07) is 13.8. The number of carbonyl (C=O) groups excluding carboxylic acids is 2. The van der Waals surface area contributed by atoms with Crippen molar-refractivity contribution in [3.8, 4) is 11.5 Å². The van der Waals surface area contributed by atoms with Crippen molar-refractivity contribution in [3.05, 3.63) is 59.7 Å². The molecule has 0 unspecified atom stereocenters. The molecular formula is C21H24N2O4. The first-order chi connectivity index (χ1) is 13.1. The minimum atomic E-state index is -0.457. The van der Waals surface area contributed by atoms with Crippen molar-refractivity contribution in [1.82, 2.24) is 5.43 Å². The molecule has 2 aromatic rings. The summed E-state index contributed by atoms with van der Waals surface area (Å²) in [4.78, 5) is 23.8. The summed E-state index contributed by atoms with van der Waals surface area (Å²) in [6.07, 6.45) is 3.76. The van der Waals surface area contributed by atoms with Gasteiger partial charge in [-0.1, -0.05) is 31.5 Å². The van der Waals surface area contributed by atoms with Crippen molar-refractivity contribution >= 4 is 18.1 Å². The average molecular weight is 368 g/mol. The first kappa shape index (κ1) is 20.2. The molecule has 1 amide bonds. The molecule has 27 heavy (non-hydrogen) atoms. The SMILES string of the molecule is CCCCC(=O)N/N=C\c1ccc(OC(=O)c2ccccc2)c(OCC)c1. The molecule has 1 N–H and O–H groups in total. The largest absolute Gasteiger partial charge is 0.490 e. The molecule has 2 rings (SSSR count). The Morgan fingerprint density at radius 2 is 1.85 bits per heavy atom. The van der Waals surface area contributed by atoms with Gasteiger partial charge in [0.15, 0.2) is 11.5 Å². The molecule has 0 spiro atoms. The minimum absolute atomic E-state index is 0.119. The van der Waals surface area contributed by atoms with Gasteiger partial charge in [-0.3, -0.25) is 4.79 Å². The first-order valence-corrected chi connectivity index (χ1v) is 9.00. The standard InChI is InChI=1S/C21H24N2O4/c1-3-5-11-20(24)23-22-15-16-12-13-18(19(14-16)26-4-2)27-21(25)17-9-7-6-8-10-17/h6-10,12-15H,3-5,11H2,1-2H3,(H,23,24)/b22-15-. The third-order valence-corrected chi connectivity index (χ3v) is 3.64. The molecule has 6 heteroatoms. The zero-order valence-electron chi connectivity index (χ0n) is 15.6. The number of nitrogens with zero attached hydrogens (tertiary/aromatic N) is 1. The van der Waals surface area contributed by atoms with Crippen LogP contribution in [-0.4, -0.2) is 24.7 Å². The number of unbranched alkanes of at least 4 members (excludes halogenated alkanes) is 1. The third-order valence-electron chi connectivity index (χ3n) is 3.64. The number of nitrogens with one attached hydrogen (secondary N) is 1. The van der Waals surface area contributed by atoms with Gasteiger partial charge in [-0.2, -0.15) is 5.10 Å². The van der Waals surface area contributed by atoms with Crippen LogP contribution < -0.4 is 14.9 Å². The Morgan fingerprint density at radius 3 is 2.56 bits per heavy atom. The van der Waals surface area contributed by atoms with Gasteiger partial charge in [0, 0.05) is 6.42 Å². The van der Waals surface area contributed by atoms with Crippen molar-refractivity contribution in [1.29, 1.82) is 0 Å². The molecule has 0 radical (unpaired) electrons. The summed E-state index contributed by atoms with van der Waals surface area (Å²) in [5, 5.41) is 3.95. The maximum Gasteiger partial charge on any atom is 0.343 e. The molecule has 0 atom stereocenters. The van der Waals surface area contributed by atoms with E-state index in [0.717, 1.165) is 12.8 Å². The van der Waals surface area contributed by atoms with Crippen molar-refractivity contribution in [2.24, 2.45) is 5.10 Å². The van der Waals surface area contributed by atoms with E-state index in [2.05, 4.69) is 10.5 Å². The maximum atomic E-state index is 12.2. The predicted molar refractivity (Wildman–Crippen MR) is 104 cm³/mol. The number of hydrazone groups is 1. The van der Waals surface area contributed by atoms with Gasteiger partial charge in [0.2, 0.25) is 5.91 Å². The highest BCUT2D eigenvalue weighted by Crippen LogP contribution is 2.28. The Balaban J connectivity index is 2.07. The highest BCUT2D eigenvalue weighted by atomic mass is 16.6. The van der Waals surface area contributed by atoms with Crippen LogP contribution in [0.2, 0.25) is 0 Å². The van der Waals surface area contributed by atoms with Crippen molar-refractivity contribution in [2.75, 3.05) is 6.61 Å². The van der Waals surface area contributed by atoms with Crippen LogP contribution >= 0.6 is 0 Å². The second-order valence-corrected chi connectivity index (χ2v) is 5.79. The van der Waals surface area contributed by atoms with Crippen LogP contribution in [0.3, 0.4) is 0 Å². The summed E-state index contributed by atoms with van der Waals surface area (Å²) >= 11 is 0. The van der Waals surface area contributed by atoms with Crippen LogP contribution in [0.15, 0.2) is 53.6 Å². The Morgan fingerprint density at radius 1 is 1.07 bits per heavy atom. The zero-order valence-corrected chi connectivity index (χ0v) is 15.6. The maximum absolute atomic E-state index is 12.2. The van der Waals surface area contributed by atoms with Gasteiger partial charge in [-0.05, 0) is 49.2 Å². The van der Waals surface area contributed by atoms with Crippen LogP contribution in [0.1, 0.15) is 49.0 Å². The molecular weight excluding hydrogens is 344 g/mol. The molecule has 0 saturated heterocycles. The summed E-state index contributed by atoms with van der Waals surface area (Å²) in [5.74, 6) is 0.186. The number of carbonyl (C=O) groups is 2. The number of hydrogen-bond donors (Lipinski definition) is 1. The van der Waals surface area contributed by atoms with E-state index < -0.39 is 5.97 Å². The fourth-order valence-electron chi connectivity index (χ4n) is 2.26. The van der Waals surface area contributed by atoms with Gasteiger partial charge < -0.3 is 9.47 Å². The van der Waals surface area contributed by atoms with E-state index in [-0.39, 0.29) is 5.91 Å². The van der Waals surface area contributed by atoms with Crippen LogP contribution in [-0.2, 0) is 4.79 Å².